The Morgan fingerprint density at radius 3 is 2.58 bits per heavy atom. The van der Waals surface area contributed by atoms with Crippen LogP contribution in [0.25, 0.3) is 10.2 Å². The molecule has 0 fully saturated rings. The van der Waals surface area contributed by atoms with E-state index < -0.39 is 0 Å². The minimum Gasteiger partial charge on any atom is -0.495 e. The summed E-state index contributed by atoms with van der Waals surface area (Å²) in [6, 6.07) is 15.0. The summed E-state index contributed by atoms with van der Waals surface area (Å²) in [5.74, 6) is 2.73. The van der Waals surface area contributed by atoms with Gasteiger partial charge >= 0.3 is 0 Å². The molecule has 0 bridgehead atoms. The van der Waals surface area contributed by atoms with Gasteiger partial charge in [0.25, 0.3) is 5.91 Å². The van der Waals surface area contributed by atoms with Crippen LogP contribution in [0.1, 0.15) is 23.0 Å². The number of rotatable bonds is 8. The Kier molecular flexibility index (Phi) is 6.48. The molecule has 160 valence electrons. The number of carbonyl (C=O) groups is 1. The quantitative estimate of drug-likeness (QED) is 0.311. The van der Waals surface area contributed by atoms with E-state index in [1.54, 1.807) is 37.1 Å². The summed E-state index contributed by atoms with van der Waals surface area (Å²) in [5.41, 5.74) is 1.30. The third-order valence-corrected chi connectivity index (χ3v) is 6.73. The highest BCUT2D eigenvalue weighted by atomic mass is 32.2. The van der Waals surface area contributed by atoms with Gasteiger partial charge in [-0.3, -0.25) is 9.69 Å². The fraction of sp³-hybridized carbons (Fsp3) is 0.217. The Balaban J connectivity index is 1.83. The van der Waals surface area contributed by atoms with Gasteiger partial charge in [0.05, 0.1) is 32.6 Å². The van der Waals surface area contributed by atoms with Gasteiger partial charge in [-0.2, -0.15) is 0 Å². The first-order chi connectivity index (χ1) is 15.2. The van der Waals surface area contributed by atoms with Crippen molar-refractivity contribution in [3.05, 3.63) is 66.1 Å². The lowest BCUT2D eigenvalue weighted by atomic mass is 10.2. The number of thioether (sulfide) groups is 1. The Labute approximate surface area is 188 Å². The first kappa shape index (κ1) is 21.3. The van der Waals surface area contributed by atoms with Crippen LogP contribution < -0.4 is 14.4 Å². The maximum absolute atomic E-state index is 13.7. The van der Waals surface area contributed by atoms with Gasteiger partial charge in [-0.05, 0) is 42.2 Å². The number of hydrogen-bond donors (Lipinski definition) is 0. The molecule has 0 saturated carbocycles. The van der Waals surface area contributed by atoms with Crippen molar-refractivity contribution >= 4 is 44.4 Å². The van der Waals surface area contributed by atoms with E-state index in [1.807, 2.05) is 48.5 Å². The number of nitrogens with zero attached hydrogens (tertiary/aromatic N) is 2. The van der Waals surface area contributed by atoms with Crippen LogP contribution in [0.15, 0.2) is 64.1 Å². The monoisotopic (exact) mass is 454 g/mol. The average Bonchev–Trinajstić information content (AvgIpc) is 3.47. The van der Waals surface area contributed by atoms with E-state index in [0.717, 1.165) is 15.3 Å². The van der Waals surface area contributed by atoms with E-state index in [4.69, 9.17) is 18.9 Å². The zero-order chi connectivity index (χ0) is 21.8. The molecule has 0 saturated heterocycles. The topological polar surface area (TPSA) is 64.8 Å². The van der Waals surface area contributed by atoms with Crippen molar-refractivity contribution in [1.82, 2.24) is 4.98 Å². The van der Waals surface area contributed by atoms with Crippen LogP contribution in [0.2, 0.25) is 0 Å². The molecule has 2 aromatic carbocycles. The minimum absolute atomic E-state index is 0.134. The van der Waals surface area contributed by atoms with Crippen LogP contribution in [-0.4, -0.2) is 30.9 Å². The van der Waals surface area contributed by atoms with Crippen molar-refractivity contribution in [2.24, 2.45) is 0 Å². The van der Waals surface area contributed by atoms with Crippen molar-refractivity contribution in [2.45, 2.75) is 18.4 Å². The smallest absolute Gasteiger partial charge is 0.261 e. The number of methoxy groups -OCH3 is 2. The van der Waals surface area contributed by atoms with E-state index in [9.17, 15) is 4.79 Å². The third-order valence-electron chi connectivity index (χ3n) is 4.69. The molecular formula is C23H22N2O4S2. The number of aromatic nitrogens is 1. The van der Waals surface area contributed by atoms with E-state index >= 15 is 0 Å². The Morgan fingerprint density at radius 2 is 1.87 bits per heavy atom. The maximum atomic E-state index is 13.7. The normalized spacial score (nSPS) is 10.9. The molecule has 0 aliphatic carbocycles. The van der Waals surface area contributed by atoms with Crippen LogP contribution >= 0.6 is 23.1 Å². The first-order valence-electron chi connectivity index (χ1n) is 9.73. The number of fused-ring (bicyclic) bond motifs is 1. The molecule has 1 amide bonds. The number of amides is 1. The summed E-state index contributed by atoms with van der Waals surface area (Å²) < 4.78 is 17.4. The molecule has 4 rings (SSSR count). The van der Waals surface area contributed by atoms with Crippen molar-refractivity contribution in [1.29, 1.82) is 0 Å². The molecule has 2 aromatic heterocycles. The predicted octanol–water partition coefficient (Wildman–Crippen LogP) is 5.87. The van der Waals surface area contributed by atoms with E-state index in [2.05, 4.69) is 6.92 Å². The summed E-state index contributed by atoms with van der Waals surface area (Å²) in [7, 11) is 3.22. The first-order valence-corrected chi connectivity index (χ1v) is 11.5. The standard InChI is InChI=1S/C23H22N2O4S2/c1-4-30-19-10-6-5-9-16(19)22(26)25(14-15-8-7-13-29-15)23-24-20-17(27-2)11-12-18(28-3)21(20)31-23/h5-13H,4,14H2,1-3H3. The zero-order valence-electron chi connectivity index (χ0n) is 17.5. The van der Waals surface area contributed by atoms with Crippen molar-refractivity contribution in [3.8, 4) is 11.5 Å². The minimum atomic E-state index is -0.134. The van der Waals surface area contributed by atoms with Gasteiger partial charge in [0.15, 0.2) is 5.13 Å². The third kappa shape index (κ3) is 4.26. The number of anilines is 1. The van der Waals surface area contributed by atoms with Crippen molar-refractivity contribution in [2.75, 3.05) is 24.9 Å². The van der Waals surface area contributed by atoms with Gasteiger partial charge in [-0.1, -0.05) is 30.4 Å². The number of thiazole rings is 1. The van der Waals surface area contributed by atoms with Crippen LogP contribution in [0.3, 0.4) is 0 Å². The van der Waals surface area contributed by atoms with E-state index in [0.29, 0.717) is 33.5 Å². The van der Waals surface area contributed by atoms with Crippen molar-refractivity contribution in [3.63, 3.8) is 0 Å². The number of carbonyl (C=O) groups excluding carboxylic acids is 1. The summed E-state index contributed by atoms with van der Waals surface area (Å²) >= 11 is 3.03. The lowest BCUT2D eigenvalue weighted by Gasteiger charge is -2.20. The summed E-state index contributed by atoms with van der Waals surface area (Å²) in [6.07, 6.45) is 1.60. The van der Waals surface area contributed by atoms with Crippen LogP contribution in [0.4, 0.5) is 5.13 Å². The van der Waals surface area contributed by atoms with Gasteiger partial charge in [-0.15, -0.1) is 11.8 Å². The van der Waals surface area contributed by atoms with Crippen LogP contribution in [-0.2, 0) is 6.54 Å². The maximum Gasteiger partial charge on any atom is 0.261 e. The molecule has 8 heteroatoms. The van der Waals surface area contributed by atoms with Gasteiger partial charge in [0, 0.05) is 4.90 Å². The number of furan rings is 1. The second-order valence-electron chi connectivity index (χ2n) is 6.54. The van der Waals surface area contributed by atoms with Gasteiger partial charge < -0.3 is 13.9 Å². The van der Waals surface area contributed by atoms with Gasteiger partial charge in [-0.25, -0.2) is 4.98 Å². The predicted molar refractivity (Wildman–Crippen MR) is 125 cm³/mol. The molecule has 6 nitrogen and oxygen atoms in total. The molecule has 0 spiro atoms. The lowest BCUT2D eigenvalue weighted by Crippen LogP contribution is -2.30. The van der Waals surface area contributed by atoms with Gasteiger partial charge in [0.2, 0.25) is 0 Å². The average molecular weight is 455 g/mol. The highest BCUT2D eigenvalue weighted by Gasteiger charge is 2.26. The zero-order valence-corrected chi connectivity index (χ0v) is 19.1. The van der Waals surface area contributed by atoms with Crippen molar-refractivity contribution < 1.29 is 18.7 Å². The summed E-state index contributed by atoms with van der Waals surface area (Å²) in [4.78, 5) is 21.1. The SMILES string of the molecule is CCSc1ccccc1C(=O)N(Cc1ccco1)c1nc2c(OC)ccc(OC)c2s1. The Hall–Kier alpha value is -2.97. The lowest BCUT2D eigenvalue weighted by molar-refractivity contribution is 0.0980. The Bertz CT molecular complexity index is 1150. The van der Waals surface area contributed by atoms with E-state index in [-0.39, 0.29) is 12.5 Å². The number of benzene rings is 2. The summed E-state index contributed by atoms with van der Waals surface area (Å²) in [5, 5.41) is 0.551. The van der Waals surface area contributed by atoms with Gasteiger partial charge in [0.1, 0.15) is 27.5 Å². The number of ether oxygens (including phenoxy) is 2. The van der Waals surface area contributed by atoms with Crippen LogP contribution in [0, 0.1) is 0 Å². The fourth-order valence-electron chi connectivity index (χ4n) is 3.24. The molecule has 0 unspecified atom stereocenters. The highest BCUT2D eigenvalue weighted by Crippen LogP contribution is 2.41. The molecule has 0 aliphatic rings. The number of hydrogen-bond acceptors (Lipinski definition) is 7. The molecule has 2 heterocycles. The second-order valence-corrected chi connectivity index (χ2v) is 8.83. The largest absolute Gasteiger partial charge is 0.495 e. The Morgan fingerprint density at radius 1 is 1.10 bits per heavy atom. The molecule has 0 atom stereocenters. The molecule has 0 N–H and O–H groups in total. The highest BCUT2D eigenvalue weighted by molar-refractivity contribution is 7.99. The molecule has 31 heavy (non-hydrogen) atoms. The molecule has 0 radical (unpaired) electrons. The van der Waals surface area contributed by atoms with Crippen LogP contribution in [0.5, 0.6) is 11.5 Å². The molecule has 0 aliphatic heterocycles. The molecular weight excluding hydrogens is 432 g/mol. The van der Waals surface area contributed by atoms with E-state index in [1.165, 1.54) is 11.3 Å². The summed E-state index contributed by atoms with van der Waals surface area (Å²) in [6.45, 7) is 2.33. The fourth-order valence-corrected chi connectivity index (χ4v) is 5.11. The molecule has 4 aromatic rings. The second kappa shape index (κ2) is 9.45.